The van der Waals surface area contributed by atoms with E-state index in [1.54, 1.807) is 0 Å². The van der Waals surface area contributed by atoms with E-state index in [0.717, 1.165) is 35.8 Å². The van der Waals surface area contributed by atoms with Crippen molar-refractivity contribution in [1.82, 2.24) is 4.90 Å². The average Bonchev–Trinajstić information content (AvgIpc) is 2.66. The highest BCUT2D eigenvalue weighted by Gasteiger charge is 2.28. The average molecular weight is 282 g/mol. The van der Waals surface area contributed by atoms with Crippen LogP contribution in [0.1, 0.15) is 17.9 Å². The van der Waals surface area contributed by atoms with Crippen molar-refractivity contribution in [3.8, 4) is 0 Å². The van der Waals surface area contributed by atoms with Gasteiger partial charge in [0, 0.05) is 16.9 Å². The molecule has 0 spiro atoms. The zero-order chi connectivity index (χ0) is 11.5. The lowest BCUT2D eigenvalue weighted by atomic mass is 9.86. The summed E-state index contributed by atoms with van der Waals surface area (Å²) in [5.41, 5.74) is 1.13. The molecule has 0 N–H and O–H groups in total. The third kappa shape index (κ3) is 2.53. The van der Waals surface area contributed by atoms with Gasteiger partial charge in [-0.15, -0.1) is 0 Å². The second-order valence-corrected chi connectivity index (χ2v) is 5.44. The van der Waals surface area contributed by atoms with Crippen LogP contribution < -0.4 is 0 Å². The van der Waals surface area contributed by atoms with Crippen molar-refractivity contribution in [2.24, 2.45) is 5.92 Å². The summed E-state index contributed by atoms with van der Waals surface area (Å²) in [6.45, 7) is 2.12. The molecule has 2 unspecified atom stereocenters. The van der Waals surface area contributed by atoms with Crippen LogP contribution in [0.4, 0.5) is 0 Å². The summed E-state index contributed by atoms with van der Waals surface area (Å²) in [5.74, 6) is 0.513. The monoisotopic (exact) mass is 281 g/mol. The Morgan fingerprint density at radius 1 is 1.56 bits per heavy atom. The molecular formula is C13H16BrNO. The number of halogens is 1. The Morgan fingerprint density at radius 3 is 2.94 bits per heavy atom. The van der Waals surface area contributed by atoms with E-state index < -0.39 is 0 Å². The van der Waals surface area contributed by atoms with Gasteiger partial charge in [0.2, 0.25) is 0 Å². The number of carbonyl (C=O) groups is 1. The second-order valence-electron chi connectivity index (χ2n) is 4.53. The zero-order valence-electron chi connectivity index (χ0n) is 9.40. The van der Waals surface area contributed by atoms with Gasteiger partial charge in [-0.2, -0.15) is 0 Å². The lowest BCUT2D eigenvalue weighted by molar-refractivity contribution is -0.110. The maximum absolute atomic E-state index is 11.3. The molecule has 1 aromatic rings. The quantitative estimate of drug-likeness (QED) is 0.794. The molecule has 1 fully saturated rings. The van der Waals surface area contributed by atoms with E-state index in [2.05, 4.69) is 33.9 Å². The van der Waals surface area contributed by atoms with Crippen LogP contribution >= 0.6 is 15.9 Å². The van der Waals surface area contributed by atoms with Crippen LogP contribution in [-0.2, 0) is 4.79 Å². The Hall–Kier alpha value is -0.670. The number of rotatable bonds is 3. The van der Waals surface area contributed by atoms with Gasteiger partial charge in [0.25, 0.3) is 0 Å². The van der Waals surface area contributed by atoms with Crippen molar-refractivity contribution in [2.75, 3.05) is 20.1 Å². The minimum atomic E-state index is 0.0439. The normalized spacial score (nSPS) is 23.2. The number of hydrogen-bond donors (Lipinski definition) is 0. The maximum Gasteiger partial charge on any atom is 0.127 e. The maximum atomic E-state index is 11.3. The molecule has 2 atom stereocenters. The third-order valence-electron chi connectivity index (χ3n) is 3.32. The smallest absolute Gasteiger partial charge is 0.127 e. The molecule has 0 amide bonds. The fraction of sp³-hybridized carbons (Fsp3) is 0.462. The van der Waals surface area contributed by atoms with E-state index in [0.29, 0.717) is 5.92 Å². The number of hydrogen-bond acceptors (Lipinski definition) is 2. The fourth-order valence-corrected chi connectivity index (χ4v) is 2.85. The van der Waals surface area contributed by atoms with Crippen molar-refractivity contribution in [3.05, 3.63) is 34.3 Å². The van der Waals surface area contributed by atoms with Gasteiger partial charge in [0.15, 0.2) is 0 Å². The molecule has 2 nitrogen and oxygen atoms in total. The summed E-state index contributed by atoms with van der Waals surface area (Å²) >= 11 is 3.45. The third-order valence-corrected chi connectivity index (χ3v) is 3.81. The largest absolute Gasteiger partial charge is 0.306 e. The Kier molecular flexibility index (Phi) is 3.77. The predicted octanol–water partition coefficient (Wildman–Crippen LogP) is 2.68. The van der Waals surface area contributed by atoms with E-state index >= 15 is 0 Å². The van der Waals surface area contributed by atoms with Gasteiger partial charge in [-0.3, -0.25) is 0 Å². The van der Waals surface area contributed by atoms with Gasteiger partial charge < -0.3 is 9.69 Å². The van der Waals surface area contributed by atoms with Crippen LogP contribution in [0.25, 0.3) is 0 Å². The highest BCUT2D eigenvalue weighted by atomic mass is 79.9. The van der Waals surface area contributed by atoms with E-state index in [1.165, 1.54) is 0 Å². The lowest BCUT2D eigenvalue weighted by Gasteiger charge is -2.18. The molecule has 1 aromatic carbocycles. The van der Waals surface area contributed by atoms with Crippen LogP contribution in [0.15, 0.2) is 28.7 Å². The second kappa shape index (κ2) is 5.11. The molecule has 0 aromatic heterocycles. The van der Waals surface area contributed by atoms with Gasteiger partial charge in [-0.1, -0.05) is 28.1 Å². The molecule has 86 valence electrons. The summed E-state index contributed by atoms with van der Waals surface area (Å²) in [6.07, 6.45) is 2.22. The Morgan fingerprint density at radius 2 is 2.38 bits per heavy atom. The molecule has 2 rings (SSSR count). The SMILES string of the molecule is CN1CCC(C(C=O)c2cccc(Br)c2)C1. The van der Waals surface area contributed by atoms with Gasteiger partial charge in [-0.05, 0) is 43.6 Å². The number of carbonyl (C=O) groups excluding carboxylic acids is 1. The number of nitrogens with zero attached hydrogens (tertiary/aromatic N) is 1. The number of benzene rings is 1. The summed E-state index contributed by atoms with van der Waals surface area (Å²) in [5, 5.41) is 0. The standard InChI is InChI=1S/C13H16BrNO/c1-15-6-5-11(8-15)13(9-16)10-3-2-4-12(14)7-10/h2-4,7,9,11,13H,5-6,8H2,1H3. The van der Waals surface area contributed by atoms with Gasteiger partial charge >= 0.3 is 0 Å². The molecule has 0 aliphatic carbocycles. The van der Waals surface area contributed by atoms with Crippen molar-refractivity contribution in [3.63, 3.8) is 0 Å². The fourth-order valence-electron chi connectivity index (χ4n) is 2.44. The summed E-state index contributed by atoms with van der Waals surface area (Å²) in [6, 6.07) is 8.08. The molecular weight excluding hydrogens is 266 g/mol. The van der Waals surface area contributed by atoms with E-state index in [1.807, 2.05) is 18.2 Å². The zero-order valence-corrected chi connectivity index (χ0v) is 11.0. The van der Waals surface area contributed by atoms with Gasteiger partial charge in [-0.25, -0.2) is 0 Å². The van der Waals surface area contributed by atoms with Crippen molar-refractivity contribution in [1.29, 1.82) is 0 Å². The highest BCUT2D eigenvalue weighted by Crippen LogP contribution is 2.31. The highest BCUT2D eigenvalue weighted by molar-refractivity contribution is 9.10. The molecule has 3 heteroatoms. The van der Waals surface area contributed by atoms with Crippen LogP contribution in [-0.4, -0.2) is 31.3 Å². The lowest BCUT2D eigenvalue weighted by Crippen LogP contribution is -2.19. The molecule has 0 saturated carbocycles. The molecule has 16 heavy (non-hydrogen) atoms. The molecule has 1 heterocycles. The molecule has 1 saturated heterocycles. The van der Waals surface area contributed by atoms with Crippen LogP contribution in [0.3, 0.4) is 0 Å². The van der Waals surface area contributed by atoms with Gasteiger partial charge in [0.1, 0.15) is 6.29 Å². The first kappa shape index (κ1) is 11.8. The molecule has 0 radical (unpaired) electrons. The number of aldehydes is 1. The van der Waals surface area contributed by atoms with Crippen LogP contribution in [0.5, 0.6) is 0 Å². The Labute approximate surface area is 105 Å². The van der Waals surface area contributed by atoms with E-state index in [-0.39, 0.29) is 5.92 Å². The van der Waals surface area contributed by atoms with Crippen LogP contribution in [0, 0.1) is 5.92 Å². The summed E-state index contributed by atoms with van der Waals surface area (Å²) < 4.78 is 1.04. The van der Waals surface area contributed by atoms with Crippen LogP contribution in [0.2, 0.25) is 0 Å². The van der Waals surface area contributed by atoms with E-state index in [4.69, 9.17) is 0 Å². The molecule has 1 aliphatic heterocycles. The Balaban J connectivity index is 2.19. The first-order valence-corrected chi connectivity index (χ1v) is 6.39. The minimum Gasteiger partial charge on any atom is -0.306 e. The first-order valence-electron chi connectivity index (χ1n) is 5.60. The molecule has 0 bridgehead atoms. The topological polar surface area (TPSA) is 20.3 Å². The summed E-state index contributed by atoms with van der Waals surface area (Å²) in [7, 11) is 2.11. The minimum absolute atomic E-state index is 0.0439. The predicted molar refractivity (Wildman–Crippen MR) is 68.6 cm³/mol. The Bertz CT molecular complexity index is 380. The summed E-state index contributed by atoms with van der Waals surface area (Å²) in [4.78, 5) is 13.6. The first-order chi connectivity index (χ1) is 7.70. The van der Waals surface area contributed by atoms with Crippen molar-refractivity contribution < 1.29 is 4.79 Å². The van der Waals surface area contributed by atoms with Crippen molar-refractivity contribution >= 4 is 22.2 Å². The van der Waals surface area contributed by atoms with Gasteiger partial charge in [0.05, 0.1) is 0 Å². The van der Waals surface area contributed by atoms with E-state index in [9.17, 15) is 4.79 Å². The number of likely N-dealkylation sites (tertiary alicyclic amines) is 1. The molecule has 1 aliphatic rings. The van der Waals surface area contributed by atoms with Crippen molar-refractivity contribution in [2.45, 2.75) is 12.3 Å².